The summed E-state index contributed by atoms with van der Waals surface area (Å²) < 4.78 is 29.7. The number of Topliss-reactive ketones (excluding diaryl/α,β-unsaturated/α-hetero) is 1. The fourth-order valence-corrected chi connectivity index (χ4v) is 8.48. The first-order chi connectivity index (χ1) is 20.1. The van der Waals surface area contributed by atoms with E-state index in [-0.39, 0.29) is 30.6 Å². The van der Waals surface area contributed by atoms with Crippen LogP contribution in [0.4, 0.5) is 0 Å². The second kappa shape index (κ2) is 10.7. The van der Waals surface area contributed by atoms with Crippen LogP contribution in [-0.4, -0.2) is 82.2 Å². The van der Waals surface area contributed by atoms with Crippen molar-refractivity contribution in [3.05, 3.63) is 47.0 Å². The number of ether oxygens (including phenoxy) is 4. The van der Waals surface area contributed by atoms with Gasteiger partial charge in [-0.2, -0.15) is 0 Å². The molecule has 0 amide bonds. The van der Waals surface area contributed by atoms with Gasteiger partial charge in [0.2, 0.25) is 0 Å². The number of hydrogen-bond acceptors (Lipinski definition) is 11. The van der Waals surface area contributed by atoms with Crippen molar-refractivity contribution >= 4 is 33.2 Å². The molecule has 1 unspecified atom stereocenters. The molecule has 43 heavy (non-hydrogen) atoms. The molecule has 1 aliphatic heterocycles. The molecule has 2 bridgehead atoms. The largest absolute Gasteiger partial charge is 0.455 e. The molecule has 2 saturated carbocycles. The van der Waals surface area contributed by atoms with Gasteiger partial charge in [-0.25, -0.2) is 4.79 Å². The molecule has 12 heteroatoms. The molecule has 10 atom stereocenters. The fourth-order valence-electron chi connectivity index (χ4n) is 8.08. The average Bonchev–Trinajstić information content (AvgIpc) is 2.92. The van der Waals surface area contributed by atoms with Crippen molar-refractivity contribution in [2.75, 3.05) is 6.61 Å². The maximum Gasteiger partial charge on any atom is 0.338 e. The molecule has 1 saturated heterocycles. The van der Waals surface area contributed by atoms with Gasteiger partial charge in [-0.1, -0.05) is 32.0 Å². The van der Waals surface area contributed by atoms with Gasteiger partial charge in [0.1, 0.15) is 17.8 Å². The van der Waals surface area contributed by atoms with Gasteiger partial charge >= 0.3 is 17.9 Å². The molecule has 0 radical (unpaired) electrons. The zero-order valence-corrected chi connectivity index (χ0v) is 26.3. The molecule has 3 fully saturated rings. The quantitative estimate of drug-likeness (QED) is 0.216. The second-order valence-corrected chi connectivity index (χ2v) is 13.2. The molecule has 0 aromatic heterocycles. The van der Waals surface area contributed by atoms with Crippen molar-refractivity contribution in [2.45, 2.75) is 96.1 Å². The smallest absolute Gasteiger partial charge is 0.338 e. The second-order valence-electron chi connectivity index (χ2n) is 12.9. The van der Waals surface area contributed by atoms with Crippen molar-refractivity contribution in [2.24, 2.45) is 16.7 Å². The van der Waals surface area contributed by atoms with E-state index in [9.17, 15) is 24.6 Å². The Hall–Kier alpha value is -2.69. The lowest BCUT2D eigenvalue weighted by atomic mass is 9.44. The van der Waals surface area contributed by atoms with E-state index in [4.69, 9.17) is 23.5 Å². The van der Waals surface area contributed by atoms with Crippen molar-refractivity contribution in [3.8, 4) is 0 Å². The standard InChI is InChI=1S/C31H39O11P/c1-15-19(34)13-31(37)26(40-27(36)18-10-8-7-9-11-18)24-29(6,25(35)23(39-16(2)32)22(15)28(31,4)5)20(42-43)12-21-30(24,14-38-21)41-17(3)33/h7-11,19-21,23-24,26,34,37H,12-14,43H2,1-6H3/t19-,20-,21+,23+,24-,26-,29+,30-,31+/m0/s1. The summed E-state index contributed by atoms with van der Waals surface area (Å²) in [6.07, 6.45) is -6.20. The normalized spacial score (nSPS) is 39.7. The van der Waals surface area contributed by atoms with E-state index in [0.717, 1.165) is 0 Å². The average molecular weight is 619 g/mol. The number of aliphatic hydroxyl groups is 2. The van der Waals surface area contributed by atoms with Crippen LogP contribution in [0.25, 0.3) is 0 Å². The van der Waals surface area contributed by atoms with E-state index >= 15 is 4.79 Å². The highest BCUT2D eigenvalue weighted by molar-refractivity contribution is 7.09. The molecule has 3 aliphatic carbocycles. The zero-order valence-electron chi connectivity index (χ0n) is 25.1. The molecular formula is C31H39O11P. The molecule has 0 spiro atoms. The Morgan fingerprint density at radius 3 is 2.23 bits per heavy atom. The molecule has 234 valence electrons. The Kier molecular flexibility index (Phi) is 7.92. The first-order valence-corrected chi connectivity index (χ1v) is 14.8. The molecule has 5 rings (SSSR count). The van der Waals surface area contributed by atoms with Crippen molar-refractivity contribution in [1.29, 1.82) is 0 Å². The Bertz CT molecular complexity index is 1370. The molecule has 1 heterocycles. The summed E-state index contributed by atoms with van der Waals surface area (Å²) in [5, 5.41) is 24.3. The van der Waals surface area contributed by atoms with Crippen LogP contribution < -0.4 is 0 Å². The Morgan fingerprint density at radius 1 is 1.05 bits per heavy atom. The fraction of sp³-hybridized carbons (Fsp3) is 0.613. The highest BCUT2D eigenvalue weighted by atomic mass is 31.0. The maximum absolute atomic E-state index is 15.0. The molecule has 1 aromatic rings. The van der Waals surface area contributed by atoms with Crippen LogP contribution in [0.2, 0.25) is 0 Å². The van der Waals surface area contributed by atoms with Gasteiger partial charge in [0.25, 0.3) is 0 Å². The summed E-state index contributed by atoms with van der Waals surface area (Å²) in [5.74, 6) is -4.04. The number of esters is 3. The van der Waals surface area contributed by atoms with Crippen LogP contribution in [0.5, 0.6) is 0 Å². The number of carbonyl (C=O) groups excluding carboxylic acids is 4. The monoisotopic (exact) mass is 618 g/mol. The number of aliphatic hydroxyl groups excluding tert-OH is 1. The van der Waals surface area contributed by atoms with E-state index in [0.29, 0.717) is 5.57 Å². The third-order valence-corrected chi connectivity index (χ3v) is 10.7. The summed E-state index contributed by atoms with van der Waals surface area (Å²) in [4.78, 5) is 54.0. The predicted molar refractivity (Wildman–Crippen MR) is 153 cm³/mol. The SMILES string of the molecule is CC(=O)O[C@H]1C(=O)[C@]2(C)[C@@H](OP)C[C@H]3OC[C@@]3(OC(C)=O)[C@H]2[C@H](OC(=O)c2ccccc2)[C@]2(O)C[C@H](O)C(C)=C1C2(C)C. The minimum Gasteiger partial charge on any atom is -0.455 e. The minimum atomic E-state index is -2.06. The Balaban J connectivity index is 1.86. The summed E-state index contributed by atoms with van der Waals surface area (Å²) in [7, 11) is 2.16. The van der Waals surface area contributed by atoms with Crippen LogP contribution in [0.3, 0.4) is 0 Å². The van der Waals surface area contributed by atoms with Gasteiger partial charge < -0.3 is 33.7 Å². The lowest BCUT2D eigenvalue weighted by molar-refractivity contribution is -0.343. The predicted octanol–water partition coefficient (Wildman–Crippen LogP) is 2.47. The number of ketones is 1. The van der Waals surface area contributed by atoms with Gasteiger partial charge in [-0.15, -0.1) is 0 Å². The third-order valence-electron chi connectivity index (χ3n) is 10.3. The van der Waals surface area contributed by atoms with Gasteiger partial charge in [0.15, 0.2) is 17.5 Å². The number of rotatable bonds is 5. The van der Waals surface area contributed by atoms with E-state index in [1.807, 2.05) is 0 Å². The van der Waals surface area contributed by atoms with E-state index in [1.54, 1.807) is 58.0 Å². The van der Waals surface area contributed by atoms with E-state index < -0.39 is 82.2 Å². The maximum atomic E-state index is 15.0. The number of fused-ring (bicyclic) bond motifs is 5. The number of carbonyl (C=O) groups is 4. The van der Waals surface area contributed by atoms with Crippen molar-refractivity contribution in [3.63, 3.8) is 0 Å². The molecule has 4 aliphatic rings. The highest BCUT2D eigenvalue weighted by Crippen LogP contribution is 2.64. The summed E-state index contributed by atoms with van der Waals surface area (Å²) in [5.41, 5.74) is -5.89. The van der Waals surface area contributed by atoms with Crippen LogP contribution in [0, 0.1) is 16.7 Å². The molecule has 11 nitrogen and oxygen atoms in total. The molecular weight excluding hydrogens is 579 g/mol. The summed E-state index contributed by atoms with van der Waals surface area (Å²) in [6.45, 7) is 8.79. The Labute approximate surface area is 252 Å². The van der Waals surface area contributed by atoms with Gasteiger partial charge in [0.05, 0.1) is 35.7 Å². The zero-order chi connectivity index (χ0) is 31.7. The van der Waals surface area contributed by atoms with Crippen LogP contribution in [0.15, 0.2) is 41.5 Å². The van der Waals surface area contributed by atoms with Crippen molar-refractivity contribution in [1.82, 2.24) is 0 Å². The third kappa shape index (κ3) is 4.50. The van der Waals surface area contributed by atoms with Gasteiger partial charge in [-0.05, 0) is 37.1 Å². The Morgan fingerprint density at radius 2 is 1.70 bits per heavy atom. The topological polar surface area (TPSA) is 155 Å². The van der Waals surface area contributed by atoms with Crippen molar-refractivity contribution < 1.29 is 52.9 Å². The van der Waals surface area contributed by atoms with E-state index in [2.05, 4.69) is 9.47 Å². The van der Waals surface area contributed by atoms with Gasteiger partial charge in [-0.3, -0.25) is 14.4 Å². The lowest BCUT2D eigenvalue weighted by Gasteiger charge is -2.67. The minimum absolute atomic E-state index is 0.115. The first-order valence-electron chi connectivity index (χ1n) is 14.3. The molecule has 2 N–H and O–H groups in total. The summed E-state index contributed by atoms with van der Waals surface area (Å²) >= 11 is 0. The number of hydrogen-bond donors (Lipinski definition) is 2. The van der Waals surface area contributed by atoms with Gasteiger partial charge in [0, 0.05) is 41.6 Å². The lowest BCUT2D eigenvalue weighted by Crippen LogP contribution is -2.82. The molecule has 1 aromatic carbocycles. The summed E-state index contributed by atoms with van der Waals surface area (Å²) in [6, 6.07) is 8.17. The van der Waals surface area contributed by atoms with Crippen LogP contribution >= 0.6 is 9.47 Å². The van der Waals surface area contributed by atoms with Crippen LogP contribution in [0.1, 0.15) is 64.7 Å². The number of benzene rings is 1. The van der Waals surface area contributed by atoms with Crippen LogP contribution in [-0.2, 0) is 37.9 Å². The van der Waals surface area contributed by atoms with E-state index in [1.165, 1.54) is 13.8 Å². The highest BCUT2D eigenvalue weighted by Gasteiger charge is 2.78. The first kappa shape index (κ1) is 31.7.